The molecule has 230 valence electrons. The van der Waals surface area contributed by atoms with E-state index in [2.05, 4.69) is 10.2 Å². The first-order valence-electron chi connectivity index (χ1n) is 15.6. The summed E-state index contributed by atoms with van der Waals surface area (Å²) in [6.45, 7) is 3.07. The van der Waals surface area contributed by atoms with Crippen molar-refractivity contribution in [2.75, 3.05) is 25.0 Å². The number of anilines is 1. The van der Waals surface area contributed by atoms with Crippen LogP contribution in [0.1, 0.15) is 106 Å². The zero-order valence-electron chi connectivity index (χ0n) is 24.6. The summed E-state index contributed by atoms with van der Waals surface area (Å²) in [6.07, 6.45) is 10.2. The predicted molar refractivity (Wildman–Crippen MR) is 161 cm³/mol. The van der Waals surface area contributed by atoms with E-state index < -0.39 is 6.29 Å². The van der Waals surface area contributed by atoms with Gasteiger partial charge in [0.1, 0.15) is 0 Å². The first-order valence-corrected chi connectivity index (χ1v) is 15.6. The molecule has 3 atom stereocenters. The zero-order chi connectivity index (χ0) is 29.6. The van der Waals surface area contributed by atoms with Crippen LogP contribution in [0.4, 0.5) is 5.69 Å². The molecule has 2 heterocycles. The third kappa shape index (κ3) is 10.5. The van der Waals surface area contributed by atoms with Gasteiger partial charge in [-0.2, -0.15) is 0 Å². The molecule has 0 aliphatic carbocycles. The van der Waals surface area contributed by atoms with Crippen LogP contribution in [0.15, 0.2) is 48.5 Å². The largest absolute Gasteiger partial charge is 0.392 e. The van der Waals surface area contributed by atoms with Gasteiger partial charge in [0.25, 0.3) is 0 Å². The van der Waals surface area contributed by atoms with E-state index in [-0.39, 0.29) is 37.0 Å². The van der Waals surface area contributed by atoms with Gasteiger partial charge in [0, 0.05) is 37.1 Å². The van der Waals surface area contributed by atoms with E-state index in [9.17, 15) is 14.7 Å². The number of likely N-dealkylation sites (tertiary alicyclic amines) is 1. The number of amides is 2. The Balaban J connectivity index is 1.38. The fraction of sp³-hybridized carbons (Fsp3) is 0.576. The molecule has 0 saturated carbocycles. The topological polar surface area (TPSA) is 120 Å². The van der Waals surface area contributed by atoms with Crippen molar-refractivity contribution < 1.29 is 29.4 Å². The molecule has 4 rings (SSSR count). The molecule has 4 N–H and O–H groups in total. The van der Waals surface area contributed by atoms with Gasteiger partial charge >= 0.3 is 0 Å². The molecule has 2 aromatic carbocycles. The smallest absolute Gasteiger partial charge is 0.243 e. The van der Waals surface area contributed by atoms with Gasteiger partial charge in [-0.3, -0.25) is 14.8 Å². The van der Waals surface area contributed by atoms with Gasteiger partial charge in [-0.15, -0.1) is 0 Å². The zero-order valence-corrected chi connectivity index (χ0v) is 24.6. The second kappa shape index (κ2) is 17.3. The summed E-state index contributed by atoms with van der Waals surface area (Å²) in [4.78, 5) is 26.2. The van der Waals surface area contributed by atoms with Crippen LogP contribution in [0.3, 0.4) is 0 Å². The number of benzene rings is 2. The Bertz CT molecular complexity index is 1100. The Hall–Kier alpha value is -2.82. The van der Waals surface area contributed by atoms with Crippen LogP contribution in [-0.4, -0.2) is 52.8 Å². The molecule has 42 heavy (non-hydrogen) atoms. The second-order valence-corrected chi connectivity index (χ2v) is 11.5. The molecule has 2 saturated heterocycles. The SMILES string of the molecule is O=C(CCCCCCC(=O)Nc1cccc([C@H]2O[C@@H](CN3CCCCCCC3)C[C@@H](c3ccc(CO)cc3)O2)c1)NO. The maximum atomic E-state index is 12.6. The molecule has 0 spiro atoms. The molecule has 2 aliphatic heterocycles. The highest BCUT2D eigenvalue weighted by molar-refractivity contribution is 5.90. The number of carbonyl (C=O) groups excluding carboxylic acids is 2. The average Bonchev–Trinajstić information content (AvgIpc) is 3.00. The number of aliphatic hydroxyl groups excluding tert-OH is 1. The second-order valence-electron chi connectivity index (χ2n) is 11.5. The maximum Gasteiger partial charge on any atom is 0.243 e. The first-order chi connectivity index (χ1) is 20.5. The molecule has 2 aliphatic rings. The molecule has 0 aromatic heterocycles. The molecule has 2 fully saturated rings. The monoisotopic (exact) mass is 581 g/mol. The van der Waals surface area contributed by atoms with E-state index in [1.54, 1.807) is 5.48 Å². The molecule has 2 amide bonds. The quantitative estimate of drug-likeness (QED) is 0.135. The highest BCUT2D eigenvalue weighted by Gasteiger charge is 2.33. The number of hydroxylamine groups is 1. The van der Waals surface area contributed by atoms with Crippen molar-refractivity contribution >= 4 is 17.5 Å². The van der Waals surface area contributed by atoms with Crippen LogP contribution in [-0.2, 0) is 25.7 Å². The van der Waals surface area contributed by atoms with E-state index >= 15 is 0 Å². The molecule has 0 unspecified atom stereocenters. The van der Waals surface area contributed by atoms with Gasteiger partial charge in [0.15, 0.2) is 6.29 Å². The number of unbranched alkanes of at least 4 members (excludes halogenated alkanes) is 3. The van der Waals surface area contributed by atoms with Gasteiger partial charge in [0.2, 0.25) is 11.8 Å². The fourth-order valence-corrected chi connectivity index (χ4v) is 5.78. The summed E-state index contributed by atoms with van der Waals surface area (Å²) in [7, 11) is 0. The molecule has 0 bridgehead atoms. The first kappa shape index (κ1) is 32.1. The number of nitrogens with zero attached hydrogens (tertiary/aromatic N) is 1. The number of hydrogen-bond acceptors (Lipinski definition) is 7. The van der Waals surface area contributed by atoms with Gasteiger partial charge in [-0.05, 0) is 62.0 Å². The molecule has 0 radical (unpaired) electrons. The van der Waals surface area contributed by atoms with E-state index in [1.807, 2.05) is 48.5 Å². The molecule has 2 aromatic rings. The van der Waals surface area contributed by atoms with Crippen LogP contribution >= 0.6 is 0 Å². The van der Waals surface area contributed by atoms with Crippen molar-refractivity contribution in [3.8, 4) is 0 Å². The Morgan fingerprint density at radius 1 is 0.833 bits per heavy atom. The third-order valence-electron chi connectivity index (χ3n) is 8.15. The van der Waals surface area contributed by atoms with Crippen molar-refractivity contribution in [2.24, 2.45) is 0 Å². The Morgan fingerprint density at radius 2 is 1.52 bits per heavy atom. The van der Waals surface area contributed by atoms with Crippen LogP contribution in [0.5, 0.6) is 0 Å². The van der Waals surface area contributed by atoms with Crippen molar-refractivity contribution in [3.05, 3.63) is 65.2 Å². The van der Waals surface area contributed by atoms with Gasteiger partial charge in [-0.1, -0.05) is 68.5 Å². The fourth-order valence-electron chi connectivity index (χ4n) is 5.78. The van der Waals surface area contributed by atoms with Gasteiger partial charge < -0.3 is 24.8 Å². The minimum absolute atomic E-state index is 0.00685. The van der Waals surface area contributed by atoms with Crippen LogP contribution < -0.4 is 10.8 Å². The van der Waals surface area contributed by atoms with E-state index in [0.29, 0.717) is 18.5 Å². The normalized spacial score (nSPS) is 21.7. The summed E-state index contributed by atoms with van der Waals surface area (Å²) in [6, 6.07) is 15.6. The van der Waals surface area contributed by atoms with Crippen LogP contribution in [0, 0.1) is 0 Å². The highest BCUT2D eigenvalue weighted by Crippen LogP contribution is 2.38. The van der Waals surface area contributed by atoms with Crippen LogP contribution in [0.2, 0.25) is 0 Å². The Labute approximate surface area is 249 Å². The van der Waals surface area contributed by atoms with Crippen molar-refractivity contribution in [3.63, 3.8) is 0 Å². The summed E-state index contributed by atoms with van der Waals surface area (Å²) < 4.78 is 13.1. The number of nitrogens with one attached hydrogen (secondary N) is 2. The van der Waals surface area contributed by atoms with E-state index in [4.69, 9.17) is 14.7 Å². The van der Waals surface area contributed by atoms with Crippen molar-refractivity contribution in [1.29, 1.82) is 0 Å². The number of carbonyl (C=O) groups is 2. The minimum Gasteiger partial charge on any atom is -0.392 e. The Morgan fingerprint density at radius 3 is 2.21 bits per heavy atom. The third-order valence-corrected chi connectivity index (χ3v) is 8.15. The maximum absolute atomic E-state index is 12.6. The van der Waals surface area contributed by atoms with E-state index in [0.717, 1.165) is 62.0 Å². The minimum atomic E-state index is -0.561. The van der Waals surface area contributed by atoms with Crippen molar-refractivity contribution in [2.45, 2.75) is 102 Å². The van der Waals surface area contributed by atoms with Crippen molar-refractivity contribution in [1.82, 2.24) is 10.4 Å². The average molecular weight is 582 g/mol. The Kier molecular flexibility index (Phi) is 13.2. The summed E-state index contributed by atoms with van der Waals surface area (Å²) in [5.41, 5.74) is 5.15. The lowest BCUT2D eigenvalue weighted by Crippen LogP contribution is -2.40. The van der Waals surface area contributed by atoms with E-state index in [1.165, 1.54) is 32.1 Å². The number of rotatable bonds is 13. The molecular formula is C33H47N3O6. The summed E-state index contributed by atoms with van der Waals surface area (Å²) in [5, 5.41) is 21.0. The standard InChI is InChI=1S/C33H47N3O6/c37-24-25-15-17-26(18-16-25)30-22-29(23-36-19-8-4-1-5-9-20-36)41-33(42-30)27-11-10-12-28(21-27)34-31(38)13-6-2-3-7-14-32(39)35-40/h10-12,15-18,21,29-30,33,37,40H,1-9,13-14,19-20,22-24H2,(H,34,38)(H,35,39)/t29-,30+,33+/m1/s1. The summed E-state index contributed by atoms with van der Waals surface area (Å²) >= 11 is 0. The summed E-state index contributed by atoms with van der Waals surface area (Å²) in [5.74, 6) is -0.435. The molecular weight excluding hydrogens is 534 g/mol. The number of aliphatic hydroxyl groups is 1. The van der Waals surface area contributed by atoms with Gasteiger partial charge in [-0.25, -0.2) is 5.48 Å². The van der Waals surface area contributed by atoms with Gasteiger partial charge in [0.05, 0.1) is 18.8 Å². The number of hydrogen-bond donors (Lipinski definition) is 4. The lowest BCUT2D eigenvalue weighted by atomic mass is 9.99. The number of ether oxygens (including phenoxy) is 2. The van der Waals surface area contributed by atoms with Crippen LogP contribution in [0.25, 0.3) is 0 Å². The lowest BCUT2D eigenvalue weighted by molar-refractivity contribution is -0.253. The molecule has 9 nitrogen and oxygen atoms in total. The molecule has 9 heteroatoms. The lowest BCUT2D eigenvalue weighted by Gasteiger charge is -2.39. The highest BCUT2D eigenvalue weighted by atomic mass is 16.7. The predicted octanol–water partition coefficient (Wildman–Crippen LogP) is 5.77.